The molecule has 1 heterocycles. The number of aromatic nitrogens is 2. The van der Waals surface area contributed by atoms with Crippen molar-refractivity contribution in [2.24, 2.45) is 5.73 Å². The van der Waals surface area contributed by atoms with Crippen LogP contribution in [-0.4, -0.2) is 40.6 Å². The second kappa shape index (κ2) is 7.15. The molecule has 1 aromatic heterocycles. The number of halogens is 1. The van der Waals surface area contributed by atoms with Crippen molar-refractivity contribution in [2.45, 2.75) is 13.0 Å². The molecule has 0 fully saturated rings. The summed E-state index contributed by atoms with van der Waals surface area (Å²) in [6.45, 7) is 1.74. The summed E-state index contributed by atoms with van der Waals surface area (Å²) in [6.07, 6.45) is 0. The zero-order valence-corrected chi connectivity index (χ0v) is 12.2. The fourth-order valence-corrected chi connectivity index (χ4v) is 2.07. The first-order valence-electron chi connectivity index (χ1n) is 6.94. The number of nitrogens with two attached hydrogens (primary N) is 1. The molecule has 0 aliphatic heterocycles. The number of ether oxygens (including phenoxy) is 1. The Morgan fingerprint density at radius 2 is 2.27 bits per heavy atom. The van der Waals surface area contributed by atoms with Crippen LogP contribution in [0, 0.1) is 5.82 Å². The summed E-state index contributed by atoms with van der Waals surface area (Å²) < 4.78 is 19.7. The second-order valence-electron chi connectivity index (χ2n) is 4.66. The van der Waals surface area contributed by atoms with Crippen molar-refractivity contribution < 1.29 is 19.0 Å². The fourth-order valence-electron chi connectivity index (χ4n) is 2.07. The van der Waals surface area contributed by atoms with Gasteiger partial charge in [-0.25, -0.2) is 9.18 Å². The van der Waals surface area contributed by atoms with E-state index in [2.05, 4.69) is 5.10 Å². The van der Waals surface area contributed by atoms with Crippen LogP contribution in [0.25, 0.3) is 11.3 Å². The third kappa shape index (κ3) is 3.32. The van der Waals surface area contributed by atoms with Crippen molar-refractivity contribution >= 4 is 5.97 Å². The van der Waals surface area contributed by atoms with E-state index < -0.39 is 17.8 Å². The van der Waals surface area contributed by atoms with Crippen molar-refractivity contribution in [3.05, 3.63) is 41.8 Å². The zero-order chi connectivity index (χ0) is 16.1. The van der Waals surface area contributed by atoms with Gasteiger partial charge >= 0.3 is 5.97 Å². The molecule has 3 N–H and O–H groups in total. The average Bonchev–Trinajstić information content (AvgIpc) is 2.94. The summed E-state index contributed by atoms with van der Waals surface area (Å²) in [5.41, 5.74) is 6.71. The molecule has 2 aromatic rings. The number of hydrogen-bond acceptors (Lipinski definition) is 5. The van der Waals surface area contributed by atoms with E-state index >= 15 is 0 Å². The first kappa shape index (κ1) is 16.1. The summed E-state index contributed by atoms with van der Waals surface area (Å²) >= 11 is 0. The lowest BCUT2D eigenvalue weighted by molar-refractivity contribution is 0.0506. The Morgan fingerprint density at radius 3 is 2.86 bits per heavy atom. The number of carbonyl (C=O) groups excluding carboxylic acids is 1. The predicted molar refractivity (Wildman–Crippen MR) is 78.8 cm³/mol. The topological polar surface area (TPSA) is 90.4 Å². The van der Waals surface area contributed by atoms with Crippen LogP contribution in [0.1, 0.15) is 23.5 Å². The summed E-state index contributed by atoms with van der Waals surface area (Å²) in [4.78, 5) is 12.0. The summed E-state index contributed by atoms with van der Waals surface area (Å²) in [5.74, 6) is -0.966. The summed E-state index contributed by atoms with van der Waals surface area (Å²) in [6, 6.07) is 6.83. The number of hydrogen-bond donors (Lipinski definition) is 2. The minimum atomic E-state index is -0.565. The minimum absolute atomic E-state index is 0.104. The number of carbonyl (C=O) groups is 1. The van der Waals surface area contributed by atoms with Gasteiger partial charge in [0.1, 0.15) is 11.5 Å². The number of benzene rings is 1. The first-order chi connectivity index (χ1) is 10.6. The molecule has 0 bridgehead atoms. The van der Waals surface area contributed by atoms with Gasteiger partial charge in [0.15, 0.2) is 0 Å². The smallest absolute Gasteiger partial charge is 0.356 e. The van der Waals surface area contributed by atoms with Gasteiger partial charge in [0, 0.05) is 12.1 Å². The third-order valence-electron chi connectivity index (χ3n) is 3.17. The molecule has 2 rings (SSSR count). The van der Waals surface area contributed by atoms with E-state index in [1.54, 1.807) is 19.1 Å². The summed E-state index contributed by atoms with van der Waals surface area (Å²) in [5, 5.41) is 13.7. The maximum Gasteiger partial charge on any atom is 0.356 e. The van der Waals surface area contributed by atoms with Crippen LogP contribution in [0.3, 0.4) is 0 Å². The van der Waals surface area contributed by atoms with E-state index in [1.165, 1.54) is 22.9 Å². The minimum Gasteiger partial charge on any atom is -0.461 e. The van der Waals surface area contributed by atoms with Crippen LogP contribution in [-0.2, 0) is 4.74 Å². The molecule has 0 spiro atoms. The highest BCUT2D eigenvalue weighted by Crippen LogP contribution is 2.22. The van der Waals surface area contributed by atoms with Crippen LogP contribution in [0.2, 0.25) is 0 Å². The first-order valence-corrected chi connectivity index (χ1v) is 6.94. The van der Waals surface area contributed by atoms with Crippen LogP contribution >= 0.6 is 0 Å². The van der Waals surface area contributed by atoms with Gasteiger partial charge < -0.3 is 15.6 Å². The Kier molecular flexibility index (Phi) is 5.24. The summed E-state index contributed by atoms with van der Waals surface area (Å²) in [7, 11) is 0. The lowest BCUT2D eigenvalue weighted by Crippen LogP contribution is -2.27. The van der Waals surface area contributed by atoms with Crippen molar-refractivity contribution in [1.29, 1.82) is 0 Å². The quantitative estimate of drug-likeness (QED) is 0.786. The molecule has 0 aliphatic carbocycles. The van der Waals surface area contributed by atoms with E-state index in [0.717, 1.165) is 0 Å². The van der Waals surface area contributed by atoms with Crippen LogP contribution in [0.5, 0.6) is 0 Å². The third-order valence-corrected chi connectivity index (χ3v) is 3.17. The van der Waals surface area contributed by atoms with Crippen molar-refractivity contribution in [1.82, 2.24) is 9.78 Å². The number of nitrogens with zero attached hydrogens (tertiary/aromatic N) is 2. The Morgan fingerprint density at radius 1 is 1.50 bits per heavy atom. The van der Waals surface area contributed by atoms with E-state index in [9.17, 15) is 14.3 Å². The molecule has 0 saturated carbocycles. The molecule has 7 heteroatoms. The predicted octanol–water partition coefficient (Wildman–Crippen LogP) is 1.36. The van der Waals surface area contributed by atoms with Gasteiger partial charge in [0.2, 0.25) is 0 Å². The molecule has 1 aromatic carbocycles. The van der Waals surface area contributed by atoms with Gasteiger partial charge in [0.25, 0.3) is 0 Å². The Labute approximate surface area is 127 Å². The lowest BCUT2D eigenvalue weighted by Gasteiger charge is -2.14. The van der Waals surface area contributed by atoms with E-state index in [1.807, 2.05) is 0 Å². The lowest BCUT2D eigenvalue weighted by atomic mass is 10.1. The molecular formula is C15H18FN3O3. The normalized spacial score (nSPS) is 12.2. The maximum absolute atomic E-state index is 13.3. The standard InChI is InChI=1S/C15H18FN3O3/c1-2-22-15(21)14-7-13(10-4-3-5-11(16)6-10)18-19(14)12(8-17)9-20/h3-7,12,20H,2,8-9,17H2,1H3. The van der Waals surface area contributed by atoms with Gasteiger partial charge in [-0.1, -0.05) is 12.1 Å². The van der Waals surface area contributed by atoms with Gasteiger partial charge in [-0.15, -0.1) is 0 Å². The average molecular weight is 307 g/mol. The Hall–Kier alpha value is -2.25. The molecular weight excluding hydrogens is 289 g/mol. The van der Waals surface area contributed by atoms with E-state index in [4.69, 9.17) is 10.5 Å². The highest BCUT2D eigenvalue weighted by molar-refractivity contribution is 5.89. The molecule has 0 radical (unpaired) electrons. The monoisotopic (exact) mass is 307 g/mol. The number of aliphatic hydroxyl groups is 1. The zero-order valence-electron chi connectivity index (χ0n) is 12.2. The highest BCUT2D eigenvalue weighted by Gasteiger charge is 2.22. The van der Waals surface area contributed by atoms with Gasteiger partial charge in [-0.05, 0) is 25.1 Å². The van der Waals surface area contributed by atoms with E-state index in [0.29, 0.717) is 11.3 Å². The Bertz CT molecular complexity index is 653. The molecule has 1 unspecified atom stereocenters. The van der Waals surface area contributed by atoms with Gasteiger partial charge in [0.05, 0.1) is 24.9 Å². The highest BCUT2D eigenvalue weighted by atomic mass is 19.1. The van der Waals surface area contributed by atoms with Crippen LogP contribution < -0.4 is 5.73 Å². The number of rotatable bonds is 6. The van der Waals surface area contributed by atoms with Gasteiger partial charge in [-0.3, -0.25) is 4.68 Å². The van der Waals surface area contributed by atoms with Crippen molar-refractivity contribution in [3.8, 4) is 11.3 Å². The van der Waals surface area contributed by atoms with Crippen LogP contribution in [0.4, 0.5) is 4.39 Å². The number of aliphatic hydroxyl groups excluding tert-OH is 1. The molecule has 6 nitrogen and oxygen atoms in total. The van der Waals surface area contributed by atoms with Crippen molar-refractivity contribution in [3.63, 3.8) is 0 Å². The Balaban J connectivity index is 2.49. The largest absolute Gasteiger partial charge is 0.461 e. The molecule has 1 atom stereocenters. The molecule has 0 aliphatic rings. The van der Waals surface area contributed by atoms with Crippen molar-refractivity contribution in [2.75, 3.05) is 19.8 Å². The molecule has 0 amide bonds. The molecule has 22 heavy (non-hydrogen) atoms. The SMILES string of the molecule is CCOC(=O)c1cc(-c2cccc(F)c2)nn1C(CN)CO. The fraction of sp³-hybridized carbons (Fsp3) is 0.333. The van der Waals surface area contributed by atoms with Gasteiger partial charge in [-0.2, -0.15) is 5.10 Å². The maximum atomic E-state index is 13.3. The van der Waals surface area contributed by atoms with E-state index in [-0.39, 0.29) is 25.5 Å². The second-order valence-corrected chi connectivity index (χ2v) is 4.66. The molecule has 0 saturated heterocycles. The number of esters is 1. The van der Waals surface area contributed by atoms with Crippen LogP contribution in [0.15, 0.2) is 30.3 Å². The molecule has 118 valence electrons.